The molecule has 6 heteroatoms. The van der Waals surface area contributed by atoms with Crippen molar-refractivity contribution >= 4 is 0 Å². The highest BCUT2D eigenvalue weighted by molar-refractivity contribution is 5.80. The second-order valence-corrected chi connectivity index (χ2v) is 8.97. The van der Waals surface area contributed by atoms with E-state index in [1.807, 2.05) is 18.2 Å². The van der Waals surface area contributed by atoms with Crippen LogP contribution in [-0.2, 0) is 6.54 Å². The van der Waals surface area contributed by atoms with Gasteiger partial charge in [-0.3, -0.25) is 4.90 Å². The van der Waals surface area contributed by atoms with Crippen LogP contribution in [0.4, 0.5) is 0 Å². The van der Waals surface area contributed by atoms with E-state index in [1.165, 1.54) is 37.7 Å². The SMILES string of the molecule is CCCCCN(Cc1ccc(-c2ccccc2-c2nn[nH]n2)cc1)CC1(N)CCCC1. The third-order valence-corrected chi connectivity index (χ3v) is 6.40. The van der Waals surface area contributed by atoms with Crippen LogP contribution in [0.2, 0.25) is 0 Å². The maximum Gasteiger partial charge on any atom is 0.205 e. The van der Waals surface area contributed by atoms with Crippen molar-refractivity contribution in [2.45, 2.75) is 64.0 Å². The molecule has 0 radical (unpaired) electrons. The normalized spacial score (nSPS) is 15.6. The Morgan fingerprint density at radius 2 is 1.74 bits per heavy atom. The topological polar surface area (TPSA) is 83.7 Å². The highest BCUT2D eigenvalue weighted by atomic mass is 15.5. The lowest BCUT2D eigenvalue weighted by molar-refractivity contribution is 0.198. The number of tetrazole rings is 1. The fourth-order valence-corrected chi connectivity index (χ4v) is 4.74. The first kappa shape index (κ1) is 21.7. The third-order valence-electron chi connectivity index (χ3n) is 6.40. The summed E-state index contributed by atoms with van der Waals surface area (Å²) in [5.41, 5.74) is 11.3. The van der Waals surface area contributed by atoms with Gasteiger partial charge >= 0.3 is 0 Å². The Hall–Kier alpha value is -2.57. The van der Waals surface area contributed by atoms with Gasteiger partial charge in [-0.05, 0) is 47.7 Å². The van der Waals surface area contributed by atoms with Crippen LogP contribution in [0, 0.1) is 0 Å². The Morgan fingerprint density at radius 1 is 1.00 bits per heavy atom. The number of H-pyrrole nitrogens is 1. The largest absolute Gasteiger partial charge is 0.324 e. The van der Waals surface area contributed by atoms with Gasteiger partial charge in [-0.1, -0.05) is 81.1 Å². The van der Waals surface area contributed by atoms with E-state index < -0.39 is 0 Å². The molecule has 0 amide bonds. The van der Waals surface area contributed by atoms with Gasteiger partial charge in [0.25, 0.3) is 0 Å². The Balaban J connectivity index is 1.49. The lowest BCUT2D eigenvalue weighted by Gasteiger charge is -2.32. The van der Waals surface area contributed by atoms with Gasteiger partial charge in [0.15, 0.2) is 0 Å². The summed E-state index contributed by atoms with van der Waals surface area (Å²) >= 11 is 0. The summed E-state index contributed by atoms with van der Waals surface area (Å²) in [6.07, 6.45) is 8.62. The molecule has 1 aliphatic carbocycles. The molecule has 1 aliphatic rings. The van der Waals surface area contributed by atoms with Crippen LogP contribution in [-0.4, -0.2) is 44.2 Å². The van der Waals surface area contributed by atoms with Crippen LogP contribution in [0.25, 0.3) is 22.5 Å². The van der Waals surface area contributed by atoms with Crippen LogP contribution in [0.15, 0.2) is 48.5 Å². The molecule has 3 N–H and O–H groups in total. The summed E-state index contributed by atoms with van der Waals surface area (Å²) in [4.78, 5) is 2.57. The molecule has 2 aromatic carbocycles. The second kappa shape index (κ2) is 10.2. The molecule has 6 nitrogen and oxygen atoms in total. The maximum atomic E-state index is 6.72. The summed E-state index contributed by atoms with van der Waals surface area (Å²) in [5.74, 6) is 0.617. The van der Waals surface area contributed by atoms with Crippen LogP contribution in [0.3, 0.4) is 0 Å². The first-order valence-electron chi connectivity index (χ1n) is 11.6. The average Bonchev–Trinajstić information content (AvgIpc) is 3.47. The standard InChI is InChI=1S/C25H34N6/c1-2-3-8-17-31(19-25(26)15-6-7-16-25)18-20-11-13-21(14-12-20)22-9-4-5-10-23(22)24-27-29-30-28-24/h4-5,9-14H,2-3,6-8,15-19,26H2,1H3,(H,27,28,29,30). The van der Waals surface area contributed by atoms with Crippen molar-refractivity contribution in [1.82, 2.24) is 25.5 Å². The molecule has 0 spiro atoms. The molecule has 0 saturated heterocycles. The molecule has 0 aliphatic heterocycles. The van der Waals surface area contributed by atoms with Crippen molar-refractivity contribution in [2.75, 3.05) is 13.1 Å². The van der Waals surface area contributed by atoms with Crippen molar-refractivity contribution in [1.29, 1.82) is 0 Å². The summed E-state index contributed by atoms with van der Waals surface area (Å²) in [5, 5.41) is 14.6. The van der Waals surface area contributed by atoms with E-state index in [1.54, 1.807) is 0 Å². The zero-order valence-corrected chi connectivity index (χ0v) is 18.6. The van der Waals surface area contributed by atoms with Gasteiger partial charge in [0.2, 0.25) is 5.82 Å². The van der Waals surface area contributed by atoms with Crippen LogP contribution in [0.5, 0.6) is 0 Å². The van der Waals surface area contributed by atoms with Crippen LogP contribution >= 0.6 is 0 Å². The lowest BCUT2D eigenvalue weighted by atomic mass is 9.97. The zero-order chi connectivity index (χ0) is 21.5. The number of nitrogens with one attached hydrogen (secondary N) is 1. The van der Waals surface area contributed by atoms with Gasteiger partial charge in [-0.15, -0.1) is 10.2 Å². The highest BCUT2D eigenvalue weighted by Gasteiger charge is 2.31. The minimum Gasteiger partial charge on any atom is -0.324 e. The van der Waals surface area contributed by atoms with Gasteiger partial charge in [0.1, 0.15) is 0 Å². The first-order chi connectivity index (χ1) is 15.2. The van der Waals surface area contributed by atoms with Gasteiger partial charge in [-0.25, -0.2) is 0 Å². The molecule has 1 saturated carbocycles. The Kier molecular flexibility index (Phi) is 7.10. The summed E-state index contributed by atoms with van der Waals surface area (Å²) in [7, 11) is 0. The molecule has 3 aromatic rings. The fourth-order valence-electron chi connectivity index (χ4n) is 4.74. The molecule has 4 rings (SSSR count). The summed E-state index contributed by atoms with van der Waals surface area (Å²) in [6, 6.07) is 17.1. The minimum atomic E-state index is -0.00428. The van der Waals surface area contributed by atoms with E-state index in [-0.39, 0.29) is 5.54 Å². The number of benzene rings is 2. The lowest BCUT2D eigenvalue weighted by Crippen LogP contribution is -2.48. The van der Waals surface area contributed by atoms with E-state index in [9.17, 15) is 0 Å². The van der Waals surface area contributed by atoms with Gasteiger partial charge in [0, 0.05) is 24.2 Å². The second-order valence-electron chi connectivity index (χ2n) is 8.97. The molecule has 164 valence electrons. The molecule has 1 fully saturated rings. The molecule has 1 aromatic heterocycles. The van der Waals surface area contributed by atoms with Crippen molar-refractivity contribution in [3.63, 3.8) is 0 Å². The number of rotatable bonds is 10. The minimum absolute atomic E-state index is 0.00428. The van der Waals surface area contributed by atoms with Gasteiger partial charge in [-0.2, -0.15) is 5.21 Å². The van der Waals surface area contributed by atoms with E-state index in [2.05, 4.69) is 62.8 Å². The number of aromatic nitrogens is 4. The molecule has 0 atom stereocenters. The van der Waals surface area contributed by atoms with Crippen LogP contribution < -0.4 is 5.73 Å². The number of hydrogen-bond donors (Lipinski definition) is 2. The summed E-state index contributed by atoms with van der Waals surface area (Å²) < 4.78 is 0. The molecular weight excluding hydrogens is 384 g/mol. The van der Waals surface area contributed by atoms with E-state index in [0.29, 0.717) is 5.82 Å². The highest BCUT2D eigenvalue weighted by Crippen LogP contribution is 2.31. The van der Waals surface area contributed by atoms with Gasteiger partial charge in [0.05, 0.1) is 0 Å². The smallest absolute Gasteiger partial charge is 0.205 e. The molecule has 0 unspecified atom stereocenters. The third kappa shape index (κ3) is 5.57. The molecule has 31 heavy (non-hydrogen) atoms. The predicted octanol–water partition coefficient (Wildman–Crippen LogP) is 4.80. The van der Waals surface area contributed by atoms with Crippen molar-refractivity contribution in [3.05, 3.63) is 54.1 Å². The Morgan fingerprint density at radius 3 is 2.42 bits per heavy atom. The van der Waals surface area contributed by atoms with Crippen molar-refractivity contribution in [2.24, 2.45) is 5.73 Å². The quantitative estimate of drug-likeness (QED) is 0.462. The number of nitrogens with two attached hydrogens (primary N) is 1. The maximum absolute atomic E-state index is 6.72. The summed E-state index contributed by atoms with van der Waals surface area (Å²) in [6.45, 7) is 5.33. The van der Waals surface area contributed by atoms with Crippen LogP contribution in [0.1, 0.15) is 57.4 Å². The fraction of sp³-hybridized carbons (Fsp3) is 0.480. The number of aromatic amines is 1. The van der Waals surface area contributed by atoms with E-state index in [0.717, 1.165) is 49.2 Å². The Labute approximate surface area is 185 Å². The number of hydrogen-bond acceptors (Lipinski definition) is 5. The van der Waals surface area contributed by atoms with Crippen molar-refractivity contribution < 1.29 is 0 Å². The molecular formula is C25H34N6. The zero-order valence-electron chi connectivity index (χ0n) is 18.6. The predicted molar refractivity (Wildman–Crippen MR) is 125 cm³/mol. The number of unbranched alkanes of at least 4 members (excludes halogenated alkanes) is 2. The van der Waals surface area contributed by atoms with Gasteiger partial charge < -0.3 is 5.73 Å². The molecule has 0 bridgehead atoms. The Bertz CT molecular complexity index is 929. The first-order valence-corrected chi connectivity index (χ1v) is 11.6. The number of nitrogens with zero attached hydrogens (tertiary/aromatic N) is 4. The van der Waals surface area contributed by atoms with E-state index in [4.69, 9.17) is 5.73 Å². The van der Waals surface area contributed by atoms with Crippen molar-refractivity contribution in [3.8, 4) is 22.5 Å². The monoisotopic (exact) mass is 418 g/mol. The van der Waals surface area contributed by atoms with E-state index >= 15 is 0 Å². The average molecular weight is 419 g/mol. The molecule has 1 heterocycles.